The zero-order valence-corrected chi connectivity index (χ0v) is 10.2. The predicted molar refractivity (Wildman–Crippen MR) is 71.4 cm³/mol. The van der Waals surface area contributed by atoms with E-state index in [1.54, 1.807) is 17.5 Å². The van der Waals surface area contributed by atoms with Gasteiger partial charge in [0.1, 0.15) is 0 Å². The summed E-state index contributed by atoms with van der Waals surface area (Å²) in [6.45, 7) is 0.251. The SMILES string of the molecule is Nc1ccc(C(=O)NCc2csc(=O)[nH]2)c(N)c1. The van der Waals surface area contributed by atoms with Crippen LogP contribution in [-0.4, -0.2) is 10.9 Å². The van der Waals surface area contributed by atoms with Gasteiger partial charge in [0.2, 0.25) is 0 Å². The van der Waals surface area contributed by atoms with Gasteiger partial charge in [-0.1, -0.05) is 11.3 Å². The normalized spacial score (nSPS) is 10.2. The van der Waals surface area contributed by atoms with Gasteiger partial charge in [0.25, 0.3) is 5.91 Å². The van der Waals surface area contributed by atoms with Gasteiger partial charge in [-0.15, -0.1) is 0 Å². The molecule has 6 nitrogen and oxygen atoms in total. The Kier molecular flexibility index (Phi) is 3.33. The maximum absolute atomic E-state index is 11.8. The van der Waals surface area contributed by atoms with Gasteiger partial charge in [-0.2, -0.15) is 0 Å². The predicted octanol–water partition coefficient (Wildman–Crippen LogP) is 0.531. The molecule has 0 saturated heterocycles. The fourth-order valence-electron chi connectivity index (χ4n) is 1.46. The molecule has 0 saturated carbocycles. The zero-order chi connectivity index (χ0) is 13.1. The minimum atomic E-state index is -0.306. The summed E-state index contributed by atoms with van der Waals surface area (Å²) in [7, 11) is 0. The number of nitrogen functional groups attached to an aromatic ring is 2. The highest BCUT2D eigenvalue weighted by Crippen LogP contribution is 2.15. The van der Waals surface area contributed by atoms with Crippen molar-refractivity contribution in [2.45, 2.75) is 6.54 Å². The van der Waals surface area contributed by atoms with E-state index in [2.05, 4.69) is 10.3 Å². The van der Waals surface area contributed by atoms with Crippen LogP contribution in [-0.2, 0) is 6.54 Å². The zero-order valence-electron chi connectivity index (χ0n) is 9.40. The molecule has 1 amide bonds. The summed E-state index contributed by atoms with van der Waals surface area (Å²) in [6, 6.07) is 4.70. The van der Waals surface area contributed by atoms with E-state index in [-0.39, 0.29) is 17.3 Å². The van der Waals surface area contributed by atoms with Crippen LogP contribution in [0.5, 0.6) is 0 Å². The van der Waals surface area contributed by atoms with Crippen LogP contribution in [0.2, 0.25) is 0 Å². The molecular weight excluding hydrogens is 252 g/mol. The summed E-state index contributed by atoms with van der Waals surface area (Å²) in [6.07, 6.45) is 0. The Balaban J connectivity index is 2.06. The Morgan fingerprint density at radius 3 is 2.78 bits per heavy atom. The lowest BCUT2D eigenvalue weighted by molar-refractivity contribution is 0.0951. The Morgan fingerprint density at radius 2 is 2.17 bits per heavy atom. The smallest absolute Gasteiger partial charge is 0.304 e. The third-order valence-electron chi connectivity index (χ3n) is 2.33. The molecule has 2 rings (SSSR count). The first-order valence-corrected chi connectivity index (χ1v) is 6.04. The van der Waals surface area contributed by atoms with E-state index in [0.717, 1.165) is 11.3 Å². The van der Waals surface area contributed by atoms with E-state index in [1.165, 1.54) is 6.07 Å². The molecule has 0 aliphatic heterocycles. The topological polar surface area (TPSA) is 114 Å². The van der Waals surface area contributed by atoms with Crippen LogP contribution in [0.4, 0.5) is 11.4 Å². The molecule has 0 bridgehead atoms. The number of amides is 1. The molecule has 0 aliphatic rings. The Morgan fingerprint density at radius 1 is 1.39 bits per heavy atom. The number of thiazole rings is 1. The van der Waals surface area contributed by atoms with Crippen molar-refractivity contribution in [1.82, 2.24) is 10.3 Å². The van der Waals surface area contributed by atoms with Gasteiger partial charge in [-0.3, -0.25) is 9.59 Å². The highest BCUT2D eigenvalue weighted by molar-refractivity contribution is 7.07. The molecular formula is C11H12N4O2S. The first-order chi connectivity index (χ1) is 8.56. The summed E-state index contributed by atoms with van der Waals surface area (Å²) < 4.78 is 0. The second kappa shape index (κ2) is 4.92. The number of anilines is 2. The monoisotopic (exact) mass is 264 g/mol. The summed E-state index contributed by atoms with van der Waals surface area (Å²) in [5.74, 6) is -0.306. The highest BCUT2D eigenvalue weighted by atomic mass is 32.1. The summed E-state index contributed by atoms with van der Waals surface area (Å²) in [5, 5.41) is 4.33. The van der Waals surface area contributed by atoms with Crippen molar-refractivity contribution in [3.05, 3.63) is 44.5 Å². The van der Waals surface area contributed by atoms with E-state index < -0.39 is 0 Å². The number of carbonyl (C=O) groups is 1. The molecule has 2 aromatic rings. The van der Waals surface area contributed by atoms with Crippen molar-refractivity contribution in [3.63, 3.8) is 0 Å². The van der Waals surface area contributed by atoms with E-state index in [0.29, 0.717) is 22.6 Å². The highest BCUT2D eigenvalue weighted by Gasteiger charge is 2.09. The quantitative estimate of drug-likeness (QED) is 0.605. The molecule has 0 fully saturated rings. The Hall–Kier alpha value is -2.28. The number of aromatic amines is 1. The van der Waals surface area contributed by atoms with Crippen LogP contribution in [0.25, 0.3) is 0 Å². The fourth-order valence-corrected chi connectivity index (χ4v) is 2.04. The summed E-state index contributed by atoms with van der Waals surface area (Å²) in [4.78, 5) is 25.2. The number of aromatic nitrogens is 1. The number of benzene rings is 1. The number of hydrogen-bond acceptors (Lipinski definition) is 5. The molecule has 94 valence electrons. The second-order valence-electron chi connectivity index (χ2n) is 3.70. The molecule has 0 spiro atoms. The third-order valence-corrected chi connectivity index (χ3v) is 3.05. The lowest BCUT2D eigenvalue weighted by Crippen LogP contribution is -2.24. The molecule has 0 unspecified atom stereocenters. The number of H-pyrrole nitrogens is 1. The molecule has 1 heterocycles. The summed E-state index contributed by atoms with van der Waals surface area (Å²) in [5.41, 5.74) is 13.1. The first-order valence-electron chi connectivity index (χ1n) is 5.16. The number of rotatable bonds is 3. The maximum atomic E-state index is 11.8. The largest absolute Gasteiger partial charge is 0.399 e. The van der Waals surface area contributed by atoms with Crippen LogP contribution in [0.3, 0.4) is 0 Å². The Bertz CT molecular complexity index is 632. The molecule has 0 aliphatic carbocycles. The number of nitrogens with one attached hydrogen (secondary N) is 2. The number of carbonyl (C=O) groups excluding carboxylic acids is 1. The lowest BCUT2D eigenvalue weighted by Gasteiger charge is -2.07. The summed E-state index contributed by atoms with van der Waals surface area (Å²) >= 11 is 1.05. The van der Waals surface area contributed by atoms with Gasteiger partial charge >= 0.3 is 4.87 Å². The van der Waals surface area contributed by atoms with Crippen LogP contribution in [0.1, 0.15) is 16.1 Å². The standard InChI is InChI=1S/C11H12N4O2S/c12-6-1-2-8(9(13)3-6)10(16)14-4-7-5-18-11(17)15-7/h1-3,5H,4,12-13H2,(H,14,16)(H,15,17). The van der Waals surface area contributed by atoms with E-state index in [4.69, 9.17) is 11.5 Å². The third kappa shape index (κ3) is 2.69. The first kappa shape index (κ1) is 12.2. The molecule has 0 radical (unpaired) electrons. The van der Waals surface area contributed by atoms with Gasteiger partial charge < -0.3 is 21.8 Å². The molecule has 18 heavy (non-hydrogen) atoms. The van der Waals surface area contributed by atoms with E-state index in [9.17, 15) is 9.59 Å². The molecule has 0 atom stereocenters. The average molecular weight is 264 g/mol. The van der Waals surface area contributed by atoms with Crippen LogP contribution < -0.4 is 21.7 Å². The molecule has 1 aromatic carbocycles. The maximum Gasteiger partial charge on any atom is 0.304 e. The molecule has 1 aromatic heterocycles. The van der Waals surface area contributed by atoms with Crippen LogP contribution in [0.15, 0.2) is 28.4 Å². The number of nitrogens with two attached hydrogens (primary N) is 2. The van der Waals surface area contributed by atoms with Crippen molar-refractivity contribution in [1.29, 1.82) is 0 Å². The van der Waals surface area contributed by atoms with Crippen LogP contribution >= 0.6 is 11.3 Å². The van der Waals surface area contributed by atoms with Crippen molar-refractivity contribution in [2.75, 3.05) is 11.5 Å². The van der Waals surface area contributed by atoms with E-state index >= 15 is 0 Å². The average Bonchev–Trinajstić information content (AvgIpc) is 2.72. The van der Waals surface area contributed by atoms with Crippen molar-refractivity contribution >= 4 is 28.6 Å². The second-order valence-corrected chi connectivity index (χ2v) is 4.54. The van der Waals surface area contributed by atoms with Crippen LogP contribution in [0, 0.1) is 0 Å². The van der Waals surface area contributed by atoms with Gasteiger partial charge in [-0.05, 0) is 18.2 Å². The fraction of sp³-hybridized carbons (Fsp3) is 0.0909. The van der Waals surface area contributed by atoms with Crippen molar-refractivity contribution in [3.8, 4) is 0 Å². The molecule has 7 heteroatoms. The minimum absolute atomic E-state index is 0.147. The van der Waals surface area contributed by atoms with Crippen molar-refractivity contribution in [2.24, 2.45) is 0 Å². The van der Waals surface area contributed by atoms with Crippen molar-refractivity contribution < 1.29 is 4.79 Å². The lowest BCUT2D eigenvalue weighted by atomic mass is 10.1. The molecule has 6 N–H and O–H groups in total. The van der Waals surface area contributed by atoms with E-state index in [1.807, 2.05) is 0 Å². The van der Waals surface area contributed by atoms with Gasteiger partial charge in [-0.25, -0.2) is 0 Å². The van der Waals surface area contributed by atoms with Gasteiger partial charge in [0.05, 0.1) is 12.1 Å². The minimum Gasteiger partial charge on any atom is -0.399 e. The Labute approximate surface area is 107 Å². The number of hydrogen-bond donors (Lipinski definition) is 4. The van der Waals surface area contributed by atoms with Gasteiger partial charge in [0, 0.05) is 22.4 Å². The van der Waals surface area contributed by atoms with Gasteiger partial charge in [0.15, 0.2) is 0 Å².